The second kappa shape index (κ2) is 9.80. The molecule has 0 aliphatic heterocycles. The first-order chi connectivity index (χ1) is 12.9. The van der Waals surface area contributed by atoms with Gasteiger partial charge in [0.1, 0.15) is 12.4 Å². The molecule has 1 N–H and O–H groups in total. The third-order valence-electron chi connectivity index (χ3n) is 3.52. The van der Waals surface area contributed by atoms with Crippen molar-refractivity contribution in [1.82, 2.24) is 5.32 Å². The molecule has 0 atom stereocenters. The molecule has 0 radical (unpaired) electrons. The summed E-state index contributed by atoms with van der Waals surface area (Å²) in [6.07, 6.45) is -3.77. The summed E-state index contributed by atoms with van der Waals surface area (Å²) < 4.78 is 61.2. The first-order valence-corrected chi connectivity index (χ1v) is 8.30. The van der Waals surface area contributed by atoms with E-state index in [1.54, 1.807) is 12.1 Å². The number of amides is 1. The molecular formula is C19H19F4NO3. The molecule has 8 heteroatoms. The molecule has 2 aromatic carbocycles. The first-order valence-electron chi connectivity index (χ1n) is 8.30. The Morgan fingerprint density at radius 2 is 1.67 bits per heavy atom. The minimum atomic E-state index is -4.39. The van der Waals surface area contributed by atoms with Gasteiger partial charge in [-0.3, -0.25) is 4.79 Å². The molecule has 0 fully saturated rings. The van der Waals surface area contributed by atoms with Crippen LogP contribution in [-0.4, -0.2) is 25.7 Å². The Kier molecular flexibility index (Phi) is 7.45. The molecule has 0 saturated carbocycles. The lowest BCUT2D eigenvalue weighted by Gasteiger charge is -2.10. The monoisotopic (exact) mass is 385 g/mol. The van der Waals surface area contributed by atoms with E-state index in [2.05, 4.69) is 5.32 Å². The number of nitrogens with one attached hydrogen (secondary N) is 1. The van der Waals surface area contributed by atoms with Gasteiger partial charge in [-0.15, -0.1) is 0 Å². The van der Waals surface area contributed by atoms with Crippen molar-refractivity contribution in [1.29, 1.82) is 0 Å². The third-order valence-corrected chi connectivity index (χ3v) is 3.52. The van der Waals surface area contributed by atoms with Crippen LogP contribution in [0.25, 0.3) is 0 Å². The van der Waals surface area contributed by atoms with Crippen LogP contribution >= 0.6 is 0 Å². The van der Waals surface area contributed by atoms with E-state index in [1.165, 1.54) is 24.3 Å². The number of carbonyl (C=O) groups excluding carboxylic acids is 1. The van der Waals surface area contributed by atoms with Crippen molar-refractivity contribution in [2.75, 3.05) is 19.8 Å². The third kappa shape index (κ3) is 7.16. The molecule has 0 unspecified atom stereocenters. The molecule has 0 saturated heterocycles. The molecule has 146 valence electrons. The molecule has 1 amide bonds. The van der Waals surface area contributed by atoms with Crippen molar-refractivity contribution >= 4 is 5.91 Å². The second-order valence-electron chi connectivity index (χ2n) is 5.60. The lowest BCUT2D eigenvalue weighted by Crippen LogP contribution is -2.28. The fraction of sp³-hybridized carbons (Fsp3) is 0.316. The van der Waals surface area contributed by atoms with Crippen molar-refractivity contribution in [3.63, 3.8) is 0 Å². The van der Waals surface area contributed by atoms with Crippen LogP contribution in [0.4, 0.5) is 17.6 Å². The van der Waals surface area contributed by atoms with Crippen LogP contribution < -0.4 is 14.8 Å². The minimum absolute atomic E-state index is 0.128. The molecule has 2 aromatic rings. The van der Waals surface area contributed by atoms with Crippen LogP contribution in [0.1, 0.15) is 18.4 Å². The molecule has 4 nitrogen and oxygen atoms in total. The summed E-state index contributed by atoms with van der Waals surface area (Å²) in [6.45, 7) is 0.549. The van der Waals surface area contributed by atoms with Crippen LogP contribution in [0, 0.1) is 5.82 Å². The maximum absolute atomic E-state index is 13.3. The van der Waals surface area contributed by atoms with Crippen LogP contribution in [0.5, 0.6) is 11.5 Å². The van der Waals surface area contributed by atoms with Gasteiger partial charge in [0.05, 0.1) is 18.7 Å². The summed E-state index contributed by atoms with van der Waals surface area (Å²) in [5.74, 6) is -0.246. The number of rotatable bonds is 9. The highest BCUT2D eigenvalue weighted by atomic mass is 19.4. The highest BCUT2D eigenvalue weighted by molar-refractivity contribution is 5.75. The number of alkyl halides is 3. The molecule has 0 spiro atoms. The number of ether oxygens (including phenoxy) is 2. The van der Waals surface area contributed by atoms with Gasteiger partial charge in [0.2, 0.25) is 5.91 Å². The Morgan fingerprint density at radius 1 is 0.963 bits per heavy atom. The highest BCUT2D eigenvalue weighted by Crippen LogP contribution is 2.30. The van der Waals surface area contributed by atoms with E-state index in [1.807, 2.05) is 0 Å². The molecule has 0 bridgehead atoms. The second-order valence-corrected chi connectivity index (χ2v) is 5.60. The molecular weight excluding hydrogens is 366 g/mol. The maximum Gasteiger partial charge on any atom is 0.416 e. The Bertz CT molecular complexity index is 732. The average molecular weight is 385 g/mol. The van der Waals surface area contributed by atoms with Crippen LogP contribution in [0.15, 0.2) is 48.5 Å². The Balaban J connectivity index is 1.57. The van der Waals surface area contributed by atoms with Gasteiger partial charge in [-0.05, 0) is 42.8 Å². The van der Waals surface area contributed by atoms with Crippen LogP contribution in [0.3, 0.4) is 0 Å². The molecule has 0 heterocycles. The topological polar surface area (TPSA) is 47.6 Å². The fourth-order valence-corrected chi connectivity index (χ4v) is 2.16. The summed E-state index contributed by atoms with van der Waals surface area (Å²) in [4.78, 5) is 11.7. The van der Waals surface area contributed by atoms with Crippen molar-refractivity contribution in [3.8, 4) is 11.5 Å². The van der Waals surface area contributed by atoms with Gasteiger partial charge in [-0.25, -0.2) is 4.39 Å². The smallest absolute Gasteiger partial charge is 0.416 e. The standard InChI is InChI=1S/C19H19F4NO3/c20-16-4-1-2-5-17(16)27-12-3-6-18(25)24-11-13-26-15-9-7-14(8-10-15)19(21,22)23/h1-2,4-5,7-10H,3,6,11-13H2,(H,24,25). The number of hydrogen-bond donors (Lipinski definition) is 1. The predicted octanol–water partition coefficient (Wildman–Crippen LogP) is 4.20. The van der Waals surface area contributed by atoms with Gasteiger partial charge >= 0.3 is 6.18 Å². The quantitative estimate of drug-likeness (QED) is 0.520. The van der Waals surface area contributed by atoms with Gasteiger partial charge in [0.25, 0.3) is 0 Å². The number of benzene rings is 2. The highest BCUT2D eigenvalue weighted by Gasteiger charge is 2.29. The fourth-order valence-electron chi connectivity index (χ4n) is 2.16. The predicted molar refractivity (Wildman–Crippen MR) is 91.1 cm³/mol. The molecule has 0 aromatic heterocycles. The van der Waals surface area contributed by atoms with E-state index in [0.29, 0.717) is 6.42 Å². The van der Waals surface area contributed by atoms with E-state index in [9.17, 15) is 22.4 Å². The van der Waals surface area contributed by atoms with Gasteiger partial charge < -0.3 is 14.8 Å². The maximum atomic E-state index is 13.3. The summed E-state index contributed by atoms with van der Waals surface area (Å²) in [7, 11) is 0. The van der Waals surface area contributed by atoms with Gasteiger partial charge in [-0.1, -0.05) is 12.1 Å². The molecule has 0 aliphatic carbocycles. The van der Waals surface area contributed by atoms with Gasteiger partial charge in [-0.2, -0.15) is 13.2 Å². The van der Waals surface area contributed by atoms with Crippen LogP contribution in [-0.2, 0) is 11.0 Å². The van der Waals surface area contributed by atoms with Gasteiger partial charge in [0, 0.05) is 6.42 Å². The molecule has 2 rings (SSSR count). The number of carbonyl (C=O) groups is 1. The van der Waals surface area contributed by atoms with E-state index in [4.69, 9.17) is 9.47 Å². The largest absolute Gasteiger partial charge is 0.492 e. The van der Waals surface area contributed by atoms with Crippen molar-refractivity contribution in [2.45, 2.75) is 19.0 Å². The van der Waals surface area contributed by atoms with Gasteiger partial charge in [0.15, 0.2) is 11.6 Å². The Morgan fingerprint density at radius 3 is 2.33 bits per heavy atom. The zero-order valence-electron chi connectivity index (χ0n) is 14.4. The summed E-state index contributed by atoms with van der Waals surface area (Å²) in [5, 5.41) is 2.63. The van der Waals surface area contributed by atoms with Crippen molar-refractivity contribution < 1.29 is 31.8 Å². The SMILES string of the molecule is O=C(CCCOc1ccccc1F)NCCOc1ccc(C(F)(F)F)cc1. The zero-order chi connectivity index (χ0) is 19.7. The molecule has 0 aliphatic rings. The average Bonchev–Trinajstić information content (AvgIpc) is 2.63. The summed E-state index contributed by atoms with van der Waals surface area (Å²) in [5.41, 5.74) is -0.749. The van der Waals surface area contributed by atoms with E-state index < -0.39 is 17.6 Å². The lowest BCUT2D eigenvalue weighted by atomic mass is 10.2. The number of para-hydroxylation sites is 1. The lowest BCUT2D eigenvalue weighted by molar-refractivity contribution is -0.137. The zero-order valence-corrected chi connectivity index (χ0v) is 14.4. The van der Waals surface area contributed by atoms with E-state index in [0.717, 1.165) is 12.1 Å². The van der Waals surface area contributed by atoms with Crippen molar-refractivity contribution in [3.05, 3.63) is 59.9 Å². The van der Waals surface area contributed by atoms with E-state index >= 15 is 0 Å². The number of halogens is 4. The van der Waals surface area contributed by atoms with Crippen LogP contribution in [0.2, 0.25) is 0 Å². The Labute approximate surface area is 154 Å². The van der Waals surface area contributed by atoms with Crippen molar-refractivity contribution in [2.24, 2.45) is 0 Å². The normalized spacial score (nSPS) is 11.1. The number of hydrogen-bond acceptors (Lipinski definition) is 3. The summed E-state index contributed by atoms with van der Waals surface area (Å²) >= 11 is 0. The Hall–Kier alpha value is -2.77. The van der Waals surface area contributed by atoms with E-state index in [-0.39, 0.29) is 43.6 Å². The summed E-state index contributed by atoms with van der Waals surface area (Å²) in [6, 6.07) is 10.3. The first kappa shape index (κ1) is 20.5. The molecule has 27 heavy (non-hydrogen) atoms. The minimum Gasteiger partial charge on any atom is -0.492 e.